The van der Waals surface area contributed by atoms with Crippen LogP contribution < -0.4 is 25.0 Å². The van der Waals surface area contributed by atoms with Crippen LogP contribution in [0.25, 0.3) is 0 Å². The number of anilines is 3. The van der Waals surface area contributed by atoms with Crippen LogP contribution in [0.15, 0.2) is 6.33 Å². The first-order valence-electron chi connectivity index (χ1n) is 9.25. The van der Waals surface area contributed by atoms with Gasteiger partial charge >= 0.3 is 12.0 Å². The fourth-order valence-electron chi connectivity index (χ4n) is 2.04. The molecule has 28 heavy (non-hydrogen) atoms. The molecule has 0 radical (unpaired) electrons. The lowest BCUT2D eigenvalue weighted by atomic mass is 10.4. The number of nitrogens with zero attached hydrogens (tertiary/aromatic N) is 7. The summed E-state index contributed by atoms with van der Waals surface area (Å²) < 4.78 is 9.89. The van der Waals surface area contributed by atoms with E-state index in [9.17, 15) is 0 Å². The Bertz CT molecular complexity index is 696. The van der Waals surface area contributed by atoms with Crippen molar-refractivity contribution in [3.05, 3.63) is 6.33 Å². The zero-order valence-corrected chi connectivity index (χ0v) is 17.7. The predicted molar refractivity (Wildman–Crippen MR) is 109 cm³/mol. The highest BCUT2D eigenvalue weighted by Crippen LogP contribution is 2.11. The zero-order chi connectivity index (χ0) is 20.9. The molecule has 0 aliphatic heterocycles. The molecule has 2 rings (SSSR count). The summed E-state index contributed by atoms with van der Waals surface area (Å²) in [6.07, 6.45) is 1.46. The summed E-state index contributed by atoms with van der Waals surface area (Å²) in [4.78, 5) is 26.4. The fourth-order valence-corrected chi connectivity index (χ4v) is 2.04. The van der Waals surface area contributed by atoms with Gasteiger partial charge in [0.05, 0.1) is 14.2 Å². The summed E-state index contributed by atoms with van der Waals surface area (Å²) in [5.74, 6) is 1.71. The van der Waals surface area contributed by atoms with Gasteiger partial charge in [-0.2, -0.15) is 24.9 Å². The topological polar surface area (TPSA) is 123 Å². The van der Waals surface area contributed by atoms with Crippen molar-refractivity contribution < 1.29 is 9.47 Å². The molecule has 0 spiro atoms. The van der Waals surface area contributed by atoms with Gasteiger partial charge in [-0.3, -0.25) is 0 Å². The number of hydrogen-bond acceptors (Lipinski definition) is 11. The Balaban J connectivity index is 0.000000283. The van der Waals surface area contributed by atoms with Gasteiger partial charge in [-0.15, -0.1) is 0 Å². The summed E-state index contributed by atoms with van der Waals surface area (Å²) in [6, 6.07) is 0.938. The van der Waals surface area contributed by atoms with Gasteiger partial charge in [-0.1, -0.05) is 0 Å². The van der Waals surface area contributed by atoms with Crippen molar-refractivity contribution in [3.8, 4) is 12.0 Å². The molecule has 2 N–H and O–H groups in total. The molecule has 11 nitrogen and oxygen atoms in total. The number of ether oxygens (including phenoxy) is 2. The Kier molecular flexibility index (Phi) is 10.2. The molecule has 0 aliphatic carbocycles. The first kappa shape index (κ1) is 23.1. The lowest BCUT2D eigenvalue weighted by molar-refractivity contribution is 0.378. The molecule has 0 amide bonds. The van der Waals surface area contributed by atoms with E-state index < -0.39 is 0 Å². The Morgan fingerprint density at radius 3 is 2.07 bits per heavy atom. The van der Waals surface area contributed by atoms with Crippen LogP contribution in [-0.2, 0) is 0 Å². The van der Waals surface area contributed by atoms with Gasteiger partial charge in [0.15, 0.2) is 0 Å². The third-order valence-corrected chi connectivity index (χ3v) is 3.32. The van der Waals surface area contributed by atoms with Gasteiger partial charge in [-0.05, 0) is 34.6 Å². The largest absolute Gasteiger partial charge is 0.467 e. The van der Waals surface area contributed by atoms with Crippen LogP contribution in [0, 0.1) is 0 Å². The van der Waals surface area contributed by atoms with E-state index >= 15 is 0 Å². The lowest BCUT2D eigenvalue weighted by Gasteiger charge is -2.17. The number of nitrogens with one attached hydrogen (secondary N) is 2. The molecular weight excluding hydrogens is 362 g/mol. The first-order valence-corrected chi connectivity index (χ1v) is 9.25. The zero-order valence-electron chi connectivity index (χ0n) is 17.7. The van der Waals surface area contributed by atoms with Crippen molar-refractivity contribution in [1.29, 1.82) is 0 Å². The standard InChI is InChI=1S/C9H17N5O.C8H14N4O/c1-5-10-7-12-8(11-6(2)3)14-9(13-7)15-4;1-4-12(5-2)7-9-6-10-8(11-7)13-3/h6H,5H2,1-4H3,(H2,10,11,12,13,14);6H,4-5H2,1-3H3. The highest BCUT2D eigenvalue weighted by Gasteiger charge is 2.07. The minimum atomic E-state index is 0.270. The molecule has 0 saturated heterocycles. The van der Waals surface area contributed by atoms with Crippen molar-refractivity contribution in [3.63, 3.8) is 0 Å². The van der Waals surface area contributed by atoms with Crippen LogP contribution in [0.1, 0.15) is 34.6 Å². The minimum Gasteiger partial charge on any atom is -0.467 e. The maximum absolute atomic E-state index is 4.98. The normalized spacial score (nSPS) is 10.0. The Morgan fingerprint density at radius 2 is 1.54 bits per heavy atom. The number of rotatable bonds is 9. The molecule has 0 aliphatic rings. The molecular formula is C17H31N9O2. The van der Waals surface area contributed by atoms with Crippen LogP contribution in [-0.4, -0.2) is 69.8 Å². The third kappa shape index (κ3) is 7.72. The number of methoxy groups -OCH3 is 2. The summed E-state index contributed by atoms with van der Waals surface area (Å²) in [7, 11) is 3.07. The second-order valence-corrected chi connectivity index (χ2v) is 5.74. The van der Waals surface area contributed by atoms with E-state index in [1.807, 2.05) is 25.7 Å². The average Bonchev–Trinajstić information content (AvgIpc) is 2.69. The average molecular weight is 393 g/mol. The van der Waals surface area contributed by atoms with Crippen molar-refractivity contribution in [2.45, 2.75) is 40.7 Å². The maximum atomic E-state index is 4.98. The third-order valence-electron chi connectivity index (χ3n) is 3.32. The second kappa shape index (κ2) is 12.4. The van der Waals surface area contributed by atoms with Crippen LogP contribution in [0.2, 0.25) is 0 Å². The van der Waals surface area contributed by atoms with Crippen LogP contribution in [0.3, 0.4) is 0 Å². The van der Waals surface area contributed by atoms with Crippen LogP contribution in [0.4, 0.5) is 17.8 Å². The summed E-state index contributed by atoms with van der Waals surface area (Å²) >= 11 is 0. The van der Waals surface area contributed by atoms with Crippen molar-refractivity contribution in [2.75, 3.05) is 49.4 Å². The van der Waals surface area contributed by atoms with Crippen LogP contribution in [0.5, 0.6) is 12.0 Å². The first-order chi connectivity index (χ1) is 13.5. The van der Waals surface area contributed by atoms with E-state index in [2.05, 4.69) is 54.4 Å². The molecule has 11 heteroatoms. The smallest absolute Gasteiger partial charge is 0.322 e. The summed E-state index contributed by atoms with van der Waals surface area (Å²) in [5.41, 5.74) is 0. The lowest BCUT2D eigenvalue weighted by Crippen LogP contribution is -2.24. The number of aromatic nitrogens is 6. The van der Waals surface area contributed by atoms with Gasteiger partial charge < -0.3 is 25.0 Å². The summed E-state index contributed by atoms with van der Waals surface area (Å²) in [5, 5.41) is 6.11. The van der Waals surface area contributed by atoms with E-state index in [4.69, 9.17) is 9.47 Å². The second-order valence-electron chi connectivity index (χ2n) is 5.74. The van der Waals surface area contributed by atoms with E-state index in [1.54, 1.807) is 7.11 Å². The van der Waals surface area contributed by atoms with Crippen LogP contribution >= 0.6 is 0 Å². The van der Waals surface area contributed by atoms with Crippen molar-refractivity contribution in [2.24, 2.45) is 0 Å². The molecule has 0 aromatic carbocycles. The van der Waals surface area contributed by atoms with Crippen molar-refractivity contribution >= 4 is 17.8 Å². The van der Waals surface area contributed by atoms with E-state index in [0.29, 0.717) is 29.9 Å². The van der Waals surface area contributed by atoms with E-state index in [-0.39, 0.29) is 6.04 Å². The quantitative estimate of drug-likeness (QED) is 0.648. The molecule has 2 aromatic rings. The SMILES string of the molecule is CCN(CC)c1ncnc(OC)n1.CCNc1nc(NC(C)C)nc(OC)n1. The van der Waals surface area contributed by atoms with Gasteiger partial charge in [0, 0.05) is 25.7 Å². The molecule has 0 atom stereocenters. The number of hydrogen-bond donors (Lipinski definition) is 2. The highest BCUT2D eigenvalue weighted by molar-refractivity contribution is 5.36. The Labute approximate surface area is 166 Å². The van der Waals surface area contributed by atoms with E-state index in [1.165, 1.54) is 13.4 Å². The Hall–Kier alpha value is -2.98. The monoisotopic (exact) mass is 393 g/mol. The predicted octanol–water partition coefficient (Wildman–Crippen LogP) is 1.86. The molecule has 0 bridgehead atoms. The Morgan fingerprint density at radius 1 is 0.893 bits per heavy atom. The molecule has 0 fully saturated rings. The van der Waals surface area contributed by atoms with Crippen molar-refractivity contribution in [1.82, 2.24) is 29.9 Å². The van der Waals surface area contributed by atoms with Gasteiger partial charge in [0.25, 0.3) is 0 Å². The summed E-state index contributed by atoms with van der Waals surface area (Å²) in [6.45, 7) is 12.6. The molecule has 2 aromatic heterocycles. The molecule has 156 valence electrons. The minimum absolute atomic E-state index is 0.270. The van der Waals surface area contributed by atoms with E-state index in [0.717, 1.165) is 19.6 Å². The molecule has 2 heterocycles. The highest BCUT2D eigenvalue weighted by atomic mass is 16.5. The van der Waals surface area contributed by atoms with Gasteiger partial charge in [0.2, 0.25) is 17.8 Å². The van der Waals surface area contributed by atoms with Gasteiger partial charge in [0.1, 0.15) is 6.33 Å². The maximum Gasteiger partial charge on any atom is 0.322 e. The fraction of sp³-hybridized carbons (Fsp3) is 0.647. The molecule has 0 saturated carbocycles. The molecule has 0 unspecified atom stereocenters. The van der Waals surface area contributed by atoms with Gasteiger partial charge in [-0.25, -0.2) is 4.98 Å².